The SMILES string of the molecule is CC(C)OC(=O)C1=C(CN2CCN3C(=O)N(c4cc(F)cc(Oc5ccc(C(=O)O)cc5F)c4)C[C@@H]3C2)NC(c2nccs2)=N[C@H]1c1ccc(F)cc1Cl.COC(=O)C1=C(CN2CCN3C(=O)N(c4cc(F)cc(-c5ccc(C(=O)O)cc5)c4)C[C@@H]3C2)NC(c2nccs2)=N[C@H]1c1ccc(F)cc1Cl. The molecule has 0 radical (unpaired) electrons. The Bertz CT molecular complexity index is 4860. The minimum Gasteiger partial charge on any atom is -0.478 e. The molecule has 0 spiro atoms. The first-order valence-electron chi connectivity index (χ1n) is 32.3. The van der Waals surface area contributed by atoms with Gasteiger partial charge in [0.05, 0.1) is 53.3 Å². The third-order valence-electron chi connectivity index (χ3n) is 17.9. The number of esters is 2. The number of methoxy groups -OCH3 is 1. The summed E-state index contributed by atoms with van der Waals surface area (Å²) in [5.41, 5.74) is 3.79. The molecule has 23 nitrogen and oxygen atoms in total. The van der Waals surface area contributed by atoms with Crippen molar-refractivity contribution >= 4 is 105 Å². The van der Waals surface area contributed by atoms with Gasteiger partial charge in [0.2, 0.25) is 0 Å². The van der Waals surface area contributed by atoms with Gasteiger partial charge in [0.1, 0.15) is 41.1 Å². The highest BCUT2D eigenvalue weighted by molar-refractivity contribution is 7.12. The third-order valence-corrected chi connectivity index (χ3v) is 20.1. The molecule has 4 N–H and O–H groups in total. The number of halogens is 7. The summed E-state index contributed by atoms with van der Waals surface area (Å²) >= 11 is 15.7. The third kappa shape index (κ3) is 15.4. The number of hydrogen-bond donors (Lipinski definition) is 4. The maximum absolute atomic E-state index is 14.9. The molecular formula is C72H61Cl2F5N12O11S2. The fourth-order valence-electron chi connectivity index (χ4n) is 13.1. The van der Waals surface area contributed by atoms with Gasteiger partial charge < -0.3 is 44.9 Å². The van der Waals surface area contributed by atoms with E-state index in [1.54, 1.807) is 69.9 Å². The zero-order valence-electron chi connectivity index (χ0n) is 55.2. The van der Waals surface area contributed by atoms with E-state index in [-0.39, 0.29) is 93.3 Å². The lowest BCUT2D eigenvalue weighted by Crippen LogP contribution is -2.53. The fourth-order valence-corrected chi connectivity index (χ4v) is 14.8. The van der Waals surface area contributed by atoms with E-state index in [9.17, 15) is 55.8 Å². The average molecular weight is 1500 g/mol. The van der Waals surface area contributed by atoms with Crippen LogP contribution in [0.15, 0.2) is 171 Å². The van der Waals surface area contributed by atoms with Crippen LogP contribution >= 0.6 is 45.9 Å². The van der Waals surface area contributed by atoms with Gasteiger partial charge in [0.15, 0.2) is 33.3 Å². The van der Waals surface area contributed by atoms with Crippen LogP contribution in [0.5, 0.6) is 11.5 Å². The van der Waals surface area contributed by atoms with Gasteiger partial charge in [0.25, 0.3) is 0 Å². The smallest absolute Gasteiger partial charge is 0.338 e. The summed E-state index contributed by atoms with van der Waals surface area (Å²) in [5, 5.41) is 29.9. The summed E-state index contributed by atoms with van der Waals surface area (Å²) in [5.74, 6) is -6.48. The summed E-state index contributed by atoms with van der Waals surface area (Å²) in [7, 11) is 1.27. The summed E-state index contributed by atoms with van der Waals surface area (Å²) in [6.45, 7) is 6.85. The Labute approximate surface area is 608 Å². The molecule has 0 saturated carbocycles. The van der Waals surface area contributed by atoms with Gasteiger partial charge in [-0.25, -0.2) is 60.7 Å². The lowest BCUT2D eigenvalue weighted by Gasteiger charge is -2.38. The first-order valence-corrected chi connectivity index (χ1v) is 34.9. The van der Waals surface area contributed by atoms with Crippen LogP contribution in [0, 0.1) is 29.1 Å². The summed E-state index contributed by atoms with van der Waals surface area (Å²) < 4.78 is 89.0. The lowest BCUT2D eigenvalue weighted by molar-refractivity contribution is -0.143. The van der Waals surface area contributed by atoms with Crippen molar-refractivity contribution in [1.29, 1.82) is 0 Å². The molecule has 6 aliphatic rings. The van der Waals surface area contributed by atoms with Crippen LogP contribution in [0.2, 0.25) is 10.0 Å². The summed E-state index contributed by atoms with van der Waals surface area (Å²) in [6, 6.07) is 22.0. The van der Waals surface area contributed by atoms with Gasteiger partial charge in [-0.2, -0.15) is 0 Å². The maximum Gasteiger partial charge on any atom is 0.338 e. The van der Waals surface area contributed by atoms with Crippen LogP contribution in [0.4, 0.5) is 42.9 Å². The number of anilines is 2. The standard InChI is InChI=1S/C37H32ClF3N6O6S.C35H29ClF2N6O5S/c1-19(2)52-36(50)31-29(43-33(34-42-7-10-54-34)44-32(31)26-5-4-21(39)14-27(26)38)18-45-8-9-46-24(16-45)17-47(37(46)51)23-12-22(40)13-25(15-23)53-30-6-3-20(35(48)49)11-28(30)41;1-49-34(47)29-28(40-31(32-39-8-11-50-32)41-30(29)26-7-6-22(37)15-27(26)36)18-42-9-10-43-25(16-42)17-44(35(43)48)24-13-21(12-23(38)14-24)19-2-4-20(5-3-19)33(45)46/h3-7,10-15,19,24,32H,8-9,16-18H2,1-2H3,(H,43,44)(H,48,49);2-8,11-15,25,30H,9-10,16-18H2,1H3,(H,40,41)(H,45,46)/t24-,32-;25-,30-/m00/s1. The first kappa shape index (κ1) is 71.8. The molecule has 6 aliphatic heterocycles. The number of nitrogens with zero attached hydrogens (tertiary/aromatic N) is 10. The van der Waals surface area contributed by atoms with Crippen molar-refractivity contribution in [2.45, 2.75) is 44.1 Å². The van der Waals surface area contributed by atoms with E-state index in [0.29, 0.717) is 107 Å². The molecular weight excluding hydrogens is 1440 g/mol. The van der Waals surface area contributed by atoms with Crippen molar-refractivity contribution in [3.8, 4) is 22.6 Å². The van der Waals surface area contributed by atoms with Crippen LogP contribution in [0.3, 0.4) is 0 Å². The number of carboxylic acids is 2. The second-order valence-electron chi connectivity index (χ2n) is 25.0. The number of ether oxygens (including phenoxy) is 3. The fraction of sp³-hybridized carbons (Fsp3) is 0.250. The Balaban J connectivity index is 0.000000185. The Hall–Kier alpha value is -10.6. The predicted octanol–water partition coefficient (Wildman–Crippen LogP) is 12.2. The number of rotatable bonds is 18. The number of amides is 4. The quantitative estimate of drug-likeness (QED) is 0.0459. The van der Waals surface area contributed by atoms with Crippen molar-refractivity contribution in [2.24, 2.45) is 9.98 Å². The Morgan fingerprint density at radius 3 is 1.55 bits per heavy atom. The van der Waals surface area contributed by atoms with Crippen LogP contribution in [0.25, 0.3) is 11.1 Å². The molecule has 0 unspecified atom stereocenters. The van der Waals surface area contributed by atoms with Crippen LogP contribution in [-0.4, -0.2) is 178 Å². The molecule has 8 aromatic rings. The highest BCUT2D eigenvalue weighted by Crippen LogP contribution is 2.41. The molecule has 4 fully saturated rings. The number of carbonyl (C=O) groups excluding carboxylic acids is 4. The van der Waals surface area contributed by atoms with E-state index in [2.05, 4.69) is 30.4 Å². The average Bonchev–Trinajstić information content (AvgIpc) is 1.15. The van der Waals surface area contributed by atoms with Crippen molar-refractivity contribution in [2.75, 3.05) is 82.4 Å². The molecule has 0 bridgehead atoms. The number of carboxylic acid groups (broad SMARTS) is 2. The molecule has 32 heteroatoms. The molecule has 0 aliphatic carbocycles. The number of carbonyl (C=O) groups is 6. The largest absolute Gasteiger partial charge is 0.478 e. The van der Waals surface area contributed by atoms with Crippen LogP contribution < -0.4 is 25.2 Å². The van der Waals surface area contributed by atoms with Gasteiger partial charge in [-0.15, -0.1) is 22.7 Å². The number of hydrogen-bond acceptors (Lipinski definition) is 19. The highest BCUT2D eigenvalue weighted by atomic mass is 35.5. The molecule has 104 heavy (non-hydrogen) atoms. The van der Waals surface area contributed by atoms with Crippen molar-refractivity contribution in [3.05, 3.63) is 232 Å². The van der Waals surface area contributed by atoms with E-state index < -0.39 is 71.2 Å². The minimum absolute atomic E-state index is 0.0867. The number of piperazine rings is 2. The zero-order chi connectivity index (χ0) is 73.4. The van der Waals surface area contributed by atoms with Gasteiger partial charge in [0, 0.05) is 139 Å². The number of fused-ring (bicyclic) bond motifs is 2. The number of urea groups is 2. The molecule has 536 valence electrons. The lowest BCUT2D eigenvalue weighted by atomic mass is 9.95. The molecule has 2 aromatic heterocycles. The topological polar surface area (TPSA) is 265 Å². The highest BCUT2D eigenvalue weighted by Gasteiger charge is 2.45. The first-order chi connectivity index (χ1) is 49.9. The number of aromatic nitrogens is 2. The predicted molar refractivity (Wildman–Crippen MR) is 377 cm³/mol. The van der Waals surface area contributed by atoms with Crippen LogP contribution in [-0.2, 0) is 19.1 Å². The van der Waals surface area contributed by atoms with Gasteiger partial charge >= 0.3 is 35.9 Å². The Kier molecular flexibility index (Phi) is 20.9. The van der Waals surface area contributed by atoms with Crippen LogP contribution in [0.1, 0.15) is 67.8 Å². The van der Waals surface area contributed by atoms with E-state index in [4.69, 9.17) is 52.5 Å². The molecule has 14 rings (SSSR count). The summed E-state index contributed by atoms with van der Waals surface area (Å²) in [6.07, 6.45) is 2.81. The number of thiazole rings is 2. The molecule has 8 heterocycles. The summed E-state index contributed by atoms with van der Waals surface area (Å²) in [4.78, 5) is 106. The zero-order valence-corrected chi connectivity index (χ0v) is 58.4. The second-order valence-corrected chi connectivity index (χ2v) is 27.6. The normalized spacial score (nSPS) is 19.0. The Morgan fingerprint density at radius 1 is 0.577 bits per heavy atom. The van der Waals surface area contributed by atoms with Gasteiger partial charge in [-0.05, 0) is 104 Å². The number of aromatic carboxylic acids is 2. The minimum atomic E-state index is -1.31. The van der Waals surface area contributed by atoms with Crippen molar-refractivity contribution in [3.63, 3.8) is 0 Å². The van der Waals surface area contributed by atoms with E-state index >= 15 is 0 Å². The van der Waals surface area contributed by atoms with Gasteiger partial charge in [-0.1, -0.05) is 47.5 Å². The molecule has 6 aromatic carbocycles. The monoisotopic (exact) mass is 1500 g/mol. The van der Waals surface area contributed by atoms with Crippen molar-refractivity contribution in [1.82, 2.24) is 40.2 Å². The van der Waals surface area contributed by atoms with Crippen molar-refractivity contribution < 1.29 is 75.1 Å². The molecule has 4 saturated heterocycles. The molecule has 4 atom stereocenters. The maximum atomic E-state index is 14.9. The van der Waals surface area contributed by atoms with Gasteiger partial charge in [-0.3, -0.25) is 29.6 Å². The van der Waals surface area contributed by atoms with E-state index in [1.165, 1.54) is 101 Å². The Morgan fingerprint density at radius 2 is 1.08 bits per heavy atom. The number of amidine groups is 2. The molecule has 4 amide bonds. The number of aliphatic imine (C=N–C) groups is 2. The number of nitrogens with one attached hydrogen (secondary N) is 2. The van der Waals surface area contributed by atoms with E-state index in [1.807, 2.05) is 0 Å². The second kappa shape index (κ2) is 30.4. The van der Waals surface area contributed by atoms with E-state index in [0.717, 1.165) is 30.3 Å². The number of benzene rings is 6.